The van der Waals surface area contributed by atoms with E-state index in [1.807, 2.05) is 24.3 Å². The first-order valence-corrected chi connectivity index (χ1v) is 12.3. The smallest absolute Gasteiger partial charge is 0.269 e. The van der Waals surface area contributed by atoms with E-state index in [2.05, 4.69) is 22.5 Å². The average Bonchev–Trinajstić information content (AvgIpc) is 3.45. The van der Waals surface area contributed by atoms with Gasteiger partial charge < -0.3 is 32.3 Å². The molecule has 2 amide bonds. The second-order valence-corrected chi connectivity index (χ2v) is 9.06. The van der Waals surface area contributed by atoms with E-state index in [9.17, 15) is 19.8 Å². The summed E-state index contributed by atoms with van der Waals surface area (Å²) in [7, 11) is 0. The van der Waals surface area contributed by atoms with Crippen LogP contribution in [0.3, 0.4) is 0 Å². The van der Waals surface area contributed by atoms with Crippen molar-refractivity contribution < 1.29 is 19.8 Å². The topological polar surface area (TPSA) is 151 Å². The molecule has 3 rings (SSSR count). The molecule has 8 N–H and O–H groups in total. The van der Waals surface area contributed by atoms with Gasteiger partial charge in [0.05, 0.1) is 0 Å². The Morgan fingerprint density at radius 2 is 1.05 bits per heavy atom. The molecule has 0 spiro atoms. The molecule has 0 fully saturated rings. The van der Waals surface area contributed by atoms with Crippen LogP contribution >= 0.6 is 11.3 Å². The summed E-state index contributed by atoms with van der Waals surface area (Å²) in [6, 6.07) is 14.5. The van der Waals surface area contributed by atoms with Crippen molar-refractivity contribution in [2.45, 2.75) is 37.4 Å². The number of amides is 2. The van der Waals surface area contributed by atoms with Gasteiger partial charge in [-0.1, -0.05) is 60.4 Å². The summed E-state index contributed by atoms with van der Waals surface area (Å²) in [5.74, 6) is 2.37. The van der Waals surface area contributed by atoms with Gasteiger partial charge in [0.15, 0.2) is 0 Å². The highest BCUT2D eigenvalue weighted by molar-refractivity contribution is 7.08. The van der Waals surface area contributed by atoms with Crippen molar-refractivity contribution in [3.63, 3.8) is 0 Å². The summed E-state index contributed by atoms with van der Waals surface area (Å²) < 4.78 is 0. The molecule has 0 saturated carbocycles. The molecular formula is C28H28N4O4S. The van der Waals surface area contributed by atoms with Crippen molar-refractivity contribution in [3.05, 3.63) is 92.7 Å². The van der Waals surface area contributed by atoms with Crippen molar-refractivity contribution in [1.29, 1.82) is 0 Å². The van der Waals surface area contributed by atoms with E-state index in [4.69, 9.17) is 24.3 Å². The van der Waals surface area contributed by atoms with Gasteiger partial charge in [-0.15, -0.1) is 12.8 Å². The van der Waals surface area contributed by atoms with E-state index in [1.165, 1.54) is 10.8 Å². The summed E-state index contributed by atoms with van der Waals surface area (Å²) in [6.45, 7) is 0.930. The van der Waals surface area contributed by atoms with Crippen LogP contribution in [-0.4, -0.2) is 22.0 Å². The lowest BCUT2D eigenvalue weighted by atomic mass is 9.84. The zero-order chi connectivity index (χ0) is 27.1. The van der Waals surface area contributed by atoms with Crippen molar-refractivity contribution >= 4 is 23.2 Å². The van der Waals surface area contributed by atoms with E-state index in [0.29, 0.717) is 13.1 Å². The molecule has 2 atom stereocenters. The normalized spacial score (nSPS) is 13.9. The number of carbonyl (C=O) groups excluding carboxylic acids is 2. The molecule has 1 aromatic heterocycles. The minimum atomic E-state index is -2.49. The van der Waals surface area contributed by atoms with E-state index in [0.717, 1.165) is 33.6 Å². The predicted molar refractivity (Wildman–Crippen MR) is 142 cm³/mol. The first-order chi connectivity index (χ1) is 17.7. The average molecular weight is 517 g/mol. The number of terminal acetylenes is 2. The van der Waals surface area contributed by atoms with Gasteiger partial charge in [0.25, 0.3) is 11.8 Å². The Morgan fingerprint density at radius 3 is 1.35 bits per heavy atom. The molecule has 2 aromatic carbocycles. The molecule has 9 heteroatoms. The molecule has 190 valence electrons. The minimum Gasteiger partial charge on any atom is -0.366 e. The standard InChI is InChI=1S/C28H28N4O4S/c1-3-27(35,25(33)31-15-21-9-5-19(13-29)6-10-21)23-17-37-18-24(23)28(36,4-2)26(34)32-16-22-11-7-20(14-30)8-12-22/h1-2,5-12,17-18,35-36H,13-16,29-30H2,(H,31,33)(H,32,34). The van der Waals surface area contributed by atoms with Crippen LogP contribution in [0, 0.1) is 24.7 Å². The number of thiophene rings is 1. The Labute approximate surface area is 219 Å². The quantitative estimate of drug-likeness (QED) is 0.221. The Bertz CT molecular complexity index is 1240. The van der Waals surface area contributed by atoms with E-state index in [1.54, 1.807) is 24.3 Å². The van der Waals surface area contributed by atoms with Crippen molar-refractivity contribution in [3.8, 4) is 24.7 Å². The molecule has 0 bridgehead atoms. The third-order valence-electron chi connectivity index (χ3n) is 5.94. The molecule has 1 heterocycles. The van der Waals surface area contributed by atoms with E-state index >= 15 is 0 Å². The molecule has 0 aliphatic carbocycles. The second kappa shape index (κ2) is 11.8. The summed E-state index contributed by atoms with van der Waals surface area (Å²) in [5, 5.41) is 30.4. The molecular weight excluding hydrogens is 488 g/mol. The maximum atomic E-state index is 13.0. The number of carbonyl (C=O) groups is 2. The minimum absolute atomic E-state index is 0.0793. The maximum Gasteiger partial charge on any atom is 0.269 e. The highest BCUT2D eigenvalue weighted by Crippen LogP contribution is 2.35. The molecule has 0 radical (unpaired) electrons. The lowest BCUT2D eigenvalue weighted by Crippen LogP contribution is -2.47. The van der Waals surface area contributed by atoms with Crippen molar-refractivity contribution in [2.24, 2.45) is 11.5 Å². The predicted octanol–water partition coefficient (Wildman–Crippen LogP) is 0.940. The van der Waals surface area contributed by atoms with Gasteiger partial charge in [-0.3, -0.25) is 9.59 Å². The highest BCUT2D eigenvalue weighted by Gasteiger charge is 2.46. The largest absolute Gasteiger partial charge is 0.366 e. The number of nitrogens with one attached hydrogen (secondary N) is 2. The maximum absolute atomic E-state index is 13.0. The summed E-state index contributed by atoms with van der Waals surface area (Å²) in [5.41, 5.74) is 9.29. The Morgan fingerprint density at radius 1 is 0.730 bits per heavy atom. The van der Waals surface area contributed by atoms with Crippen LogP contribution in [0.1, 0.15) is 33.4 Å². The SMILES string of the molecule is C#CC(O)(C(=O)NCc1ccc(CN)cc1)c1cscc1C(O)(C#C)C(=O)NCc1ccc(CN)cc1. The fourth-order valence-corrected chi connectivity index (χ4v) is 4.53. The number of hydrogen-bond acceptors (Lipinski definition) is 7. The monoisotopic (exact) mass is 516 g/mol. The first kappa shape index (κ1) is 27.6. The third kappa shape index (κ3) is 5.89. The molecule has 0 aliphatic heterocycles. The Balaban J connectivity index is 1.80. The highest BCUT2D eigenvalue weighted by atomic mass is 32.1. The summed E-state index contributed by atoms with van der Waals surface area (Å²) in [4.78, 5) is 26.1. The summed E-state index contributed by atoms with van der Waals surface area (Å²) in [6.07, 6.45) is 11.2. The van der Waals surface area contributed by atoms with E-state index < -0.39 is 23.0 Å². The number of nitrogens with two attached hydrogens (primary N) is 2. The number of hydrogen-bond donors (Lipinski definition) is 6. The van der Waals surface area contributed by atoms with Gasteiger partial charge in [-0.2, -0.15) is 11.3 Å². The molecule has 8 nitrogen and oxygen atoms in total. The number of aliphatic hydroxyl groups is 2. The lowest BCUT2D eigenvalue weighted by molar-refractivity contribution is -0.137. The number of benzene rings is 2. The van der Waals surface area contributed by atoms with Crippen LogP contribution in [0.15, 0.2) is 59.3 Å². The lowest BCUT2D eigenvalue weighted by Gasteiger charge is -2.27. The zero-order valence-electron chi connectivity index (χ0n) is 20.0. The van der Waals surface area contributed by atoms with Gasteiger partial charge in [0.1, 0.15) is 0 Å². The fraction of sp³-hybridized carbons (Fsp3) is 0.214. The molecule has 2 unspecified atom stereocenters. The Kier molecular flexibility index (Phi) is 8.85. The van der Waals surface area contributed by atoms with E-state index in [-0.39, 0.29) is 24.2 Å². The zero-order valence-corrected chi connectivity index (χ0v) is 20.8. The van der Waals surface area contributed by atoms with Gasteiger partial charge in [-0.25, -0.2) is 0 Å². The van der Waals surface area contributed by atoms with Crippen LogP contribution in [0.2, 0.25) is 0 Å². The molecule has 37 heavy (non-hydrogen) atoms. The van der Waals surface area contributed by atoms with Crippen molar-refractivity contribution in [1.82, 2.24) is 10.6 Å². The van der Waals surface area contributed by atoms with Gasteiger partial charge in [0, 0.05) is 37.3 Å². The van der Waals surface area contributed by atoms with Crippen LogP contribution in [-0.2, 0) is 47.0 Å². The van der Waals surface area contributed by atoms with Gasteiger partial charge in [0.2, 0.25) is 11.2 Å². The second-order valence-electron chi connectivity index (χ2n) is 8.32. The number of rotatable bonds is 10. The molecule has 3 aromatic rings. The summed E-state index contributed by atoms with van der Waals surface area (Å²) >= 11 is 1.03. The van der Waals surface area contributed by atoms with Gasteiger partial charge in [-0.05, 0) is 33.0 Å². The van der Waals surface area contributed by atoms with Gasteiger partial charge >= 0.3 is 0 Å². The molecule has 0 saturated heterocycles. The van der Waals surface area contributed by atoms with Crippen molar-refractivity contribution in [2.75, 3.05) is 0 Å². The first-order valence-electron chi connectivity index (χ1n) is 11.3. The Hall–Kier alpha value is -3.96. The third-order valence-corrected chi connectivity index (χ3v) is 6.68. The van der Waals surface area contributed by atoms with Crippen LogP contribution in [0.25, 0.3) is 0 Å². The molecule has 0 aliphatic rings. The van der Waals surface area contributed by atoms with Crippen LogP contribution < -0.4 is 22.1 Å². The fourth-order valence-electron chi connectivity index (χ4n) is 3.60. The van der Waals surface area contributed by atoms with Crippen LogP contribution in [0.4, 0.5) is 0 Å². The van der Waals surface area contributed by atoms with Crippen LogP contribution in [0.5, 0.6) is 0 Å².